The third kappa shape index (κ3) is 6.40. The summed E-state index contributed by atoms with van der Waals surface area (Å²) in [6.07, 6.45) is 5.51. The van der Waals surface area contributed by atoms with E-state index in [0.717, 1.165) is 24.3 Å². The molecule has 3 aromatic rings. The van der Waals surface area contributed by atoms with Crippen molar-refractivity contribution < 1.29 is 9.53 Å². The highest BCUT2D eigenvalue weighted by Gasteiger charge is 2.09. The monoisotopic (exact) mass is 445 g/mol. The van der Waals surface area contributed by atoms with Crippen LogP contribution in [0, 0.1) is 0 Å². The van der Waals surface area contributed by atoms with Gasteiger partial charge in [0.15, 0.2) is 6.40 Å². The van der Waals surface area contributed by atoms with Gasteiger partial charge in [0.05, 0.1) is 17.4 Å². The first-order chi connectivity index (χ1) is 16.0. The maximum atomic E-state index is 11.9. The Labute approximate surface area is 195 Å². The molecule has 172 valence electrons. The molecule has 1 atom stereocenters. The van der Waals surface area contributed by atoms with E-state index in [1.165, 1.54) is 18.2 Å². The summed E-state index contributed by atoms with van der Waals surface area (Å²) in [6.45, 7) is 3.27. The van der Waals surface area contributed by atoms with Crippen molar-refractivity contribution in [1.82, 2.24) is 15.6 Å². The second-order valence-corrected chi connectivity index (χ2v) is 7.76. The molecule has 7 nitrogen and oxygen atoms in total. The Balaban J connectivity index is 1.62. The molecule has 1 amide bonds. The van der Waals surface area contributed by atoms with Crippen molar-refractivity contribution in [2.75, 3.05) is 32.6 Å². The third-order valence-electron chi connectivity index (χ3n) is 5.55. The van der Waals surface area contributed by atoms with E-state index < -0.39 is 0 Å². The average Bonchev–Trinajstić information content (AvgIpc) is 2.87. The summed E-state index contributed by atoms with van der Waals surface area (Å²) in [4.78, 5) is 22.3. The van der Waals surface area contributed by atoms with Crippen LogP contribution >= 0.6 is 0 Å². The zero-order valence-electron chi connectivity index (χ0n) is 19.6. The van der Waals surface area contributed by atoms with Crippen LogP contribution in [0.1, 0.15) is 35.2 Å². The average molecular weight is 446 g/mol. The van der Waals surface area contributed by atoms with Gasteiger partial charge >= 0.3 is 0 Å². The lowest BCUT2D eigenvalue weighted by atomic mass is 9.97. The van der Waals surface area contributed by atoms with E-state index in [1.807, 2.05) is 38.4 Å². The zero-order chi connectivity index (χ0) is 23.6. The topological polar surface area (TPSA) is 78.8 Å². The molecule has 0 aliphatic rings. The molecule has 0 radical (unpaired) electrons. The molecule has 0 fully saturated rings. The molecular weight excluding hydrogens is 414 g/mol. The van der Waals surface area contributed by atoms with Gasteiger partial charge in [-0.05, 0) is 74.0 Å². The van der Waals surface area contributed by atoms with Gasteiger partial charge in [0, 0.05) is 31.7 Å². The van der Waals surface area contributed by atoms with Crippen molar-refractivity contribution in [2.45, 2.75) is 19.3 Å². The highest BCUT2D eigenvalue weighted by atomic mass is 16.5. The fraction of sp³-hybridized carbons (Fsp3) is 0.269. The molecule has 3 rings (SSSR count). The van der Waals surface area contributed by atoms with Gasteiger partial charge in [-0.2, -0.15) is 0 Å². The molecule has 0 aliphatic heterocycles. The fourth-order valence-electron chi connectivity index (χ4n) is 3.41. The van der Waals surface area contributed by atoms with Gasteiger partial charge in [0.2, 0.25) is 0 Å². The number of pyridine rings is 1. The predicted molar refractivity (Wildman–Crippen MR) is 134 cm³/mol. The van der Waals surface area contributed by atoms with Crippen molar-refractivity contribution >= 4 is 29.4 Å². The molecule has 0 bridgehead atoms. The number of aromatic nitrogens is 1. The van der Waals surface area contributed by atoms with Gasteiger partial charge in [-0.1, -0.05) is 19.1 Å². The Morgan fingerprint density at radius 3 is 2.39 bits per heavy atom. The summed E-state index contributed by atoms with van der Waals surface area (Å²) >= 11 is 0. The lowest BCUT2D eigenvalue weighted by Gasteiger charge is -2.21. The molecule has 0 spiro atoms. The van der Waals surface area contributed by atoms with Crippen LogP contribution < -0.4 is 20.3 Å². The Hall–Kier alpha value is -3.71. The minimum Gasteiger partial charge on any atom is -0.446 e. The summed E-state index contributed by atoms with van der Waals surface area (Å²) < 4.78 is 5.62. The first kappa shape index (κ1) is 23.9. The van der Waals surface area contributed by atoms with Gasteiger partial charge in [0.25, 0.3) is 5.91 Å². The first-order valence-corrected chi connectivity index (χ1v) is 11.0. The number of carbonyl (C=O) groups is 1. The minimum absolute atomic E-state index is 0.225. The Bertz CT molecular complexity index is 1060. The highest BCUT2D eigenvalue weighted by Crippen LogP contribution is 2.28. The van der Waals surface area contributed by atoms with Gasteiger partial charge in [-0.15, -0.1) is 0 Å². The smallest absolute Gasteiger partial charge is 0.253 e. The first-order valence-electron chi connectivity index (χ1n) is 11.0. The van der Waals surface area contributed by atoms with Crippen LogP contribution in [-0.2, 0) is 0 Å². The summed E-state index contributed by atoms with van der Waals surface area (Å²) in [5.74, 6) is 0.946. The van der Waals surface area contributed by atoms with Crippen molar-refractivity contribution in [3.05, 3.63) is 78.1 Å². The van der Waals surface area contributed by atoms with Crippen LogP contribution in [0.2, 0.25) is 0 Å². The van der Waals surface area contributed by atoms with Gasteiger partial charge < -0.3 is 20.3 Å². The number of rotatable bonds is 10. The Morgan fingerprint density at radius 2 is 1.76 bits per heavy atom. The number of hydrogen-bond donors (Lipinski definition) is 2. The highest BCUT2D eigenvalue weighted by molar-refractivity contribution is 5.98. The number of nitrogens with one attached hydrogen (secondary N) is 2. The minimum atomic E-state index is -0.225. The van der Waals surface area contributed by atoms with E-state index in [1.54, 1.807) is 19.3 Å². The largest absolute Gasteiger partial charge is 0.446 e. The van der Waals surface area contributed by atoms with E-state index in [2.05, 4.69) is 56.7 Å². The number of anilines is 2. The number of aliphatic imine (C=N–C) groups is 1. The second-order valence-electron chi connectivity index (χ2n) is 7.76. The molecular formula is C26H31N5O2. The number of hydrogen-bond acceptors (Lipinski definition) is 6. The normalized spacial score (nSPS) is 11.9. The van der Waals surface area contributed by atoms with Gasteiger partial charge in [0.1, 0.15) is 5.75 Å². The molecule has 0 aliphatic carbocycles. The van der Waals surface area contributed by atoms with Gasteiger partial charge in [-0.25, -0.2) is 4.99 Å². The molecule has 0 saturated carbocycles. The molecule has 7 heteroatoms. The standard InChI is InChI=1S/C26H31N5O2/c1-19(13-15-27-2)20-5-7-21(8-6-20)31(4)22-9-11-23(12-10-22)33-18-30-25-17-29-16-14-24(25)26(32)28-3/h5-12,14,16-19,27H,13,15H2,1-4H3,(H,28,32)/b30-18+. The van der Waals surface area contributed by atoms with Crippen molar-refractivity contribution in [3.63, 3.8) is 0 Å². The maximum absolute atomic E-state index is 11.9. The lowest BCUT2D eigenvalue weighted by molar-refractivity contribution is 0.0963. The quantitative estimate of drug-likeness (QED) is 0.350. The van der Waals surface area contributed by atoms with Crippen LogP contribution in [0.4, 0.5) is 17.1 Å². The van der Waals surface area contributed by atoms with E-state index in [9.17, 15) is 4.79 Å². The predicted octanol–water partition coefficient (Wildman–Crippen LogP) is 4.66. The number of nitrogens with zero attached hydrogens (tertiary/aromatic N) is 3. The molecule has 2 N–H and O–H groups in total. The van der Waals surface area contributed by atoms with Crippen LogP contribution in [-0.4, -0.2) is 45.0 Å². The van der Waals surface area contributed by atoms with Crippen LogP contribution in [0.15, 0.2) is 72.0 Å². The molecule has 0 saturated heterocycles. The summed E-state index contributed by atoms with van der Waals surface area (Å²) in [5, 5.41) is 5.80. The molecule has 33 heavy (non-hydrogen) atoms. The van der Waals surface area contributed by atoms with Crippen molar-refractivity contribution in [2.24, 2.45) is 4.99 Å². The van der Waals surface area contributed by atoms with Gasteiger partial charge in [-0.3, -0.25) is 9.78 Å². The van der Waals surface area contributed by atoms with Crippen molar-refractivity contribution in [1.29, 1.82) is 0 Å². The molecule has 1 aromatic heterocycles. The van der Waals surface area contributed by atoms with Crippen LogP contribution in [0.25, 0.3) is 0 Å². The number of benzene rings is 2. The zero-order valence-corrected chi connectivity index (χ0v) is 19.6. The molecule has 1 unspecified atom stereocenters. The molecule has 1 heterocycles. The number of ether oxygens (including phenoxy) is 1. The summed E-state index contributed by atoms with van der Waals surface area (Å²) in [6, 6.07) is 18.1. The van der Waals surface area contributed by atoms with E-state index >= 15 is 0 Å². The van der Waals surface area contributed by atoms with E-state index in [4.69, 9.17) is 4.74 Å². The Kier molecular flexibility index (Phi) is 8.55. The Morgan fingerprint density at radius 1 is 1.09 bits per heavy atom. The fourth-order valence-corrected chi connectivity index (χ4v) is 3.41. The lowest BCUT2D eigenvalue weighted by Crippen LogP contribution is -2.17. The van der Waals surface area contributed by atoms with E-state index in [-0.39, 0.29) is 5.91 Å². The SMILES string of the molecule is CNCCC(C)c1ccc(N(C)c2ccc(O/C=N/c3cnccc3C(=O)NC)cc2)cc1. The number of carbonyl (C=O) groups excluding carboxylic acids is 1. The third-order valence-corrected chi connectivity index (χ3v) is 5.55. The second kappa shape index (κ2) is 11.8. The number of amides is 1. The summed E-state index contributed by atoms with van der Waals surface area (Å²) in [7, 11) is 5.60. The van der Waals surface area contributed by atoms with Crippen LogP contribution in [0.3, 0.4) is 0 Å². The maximum Gasteiger partial charge on any atom is 0.253 e. The van der Waals surface area contributed by atoms with Crippen molar-refractivity contribution in [3.8, 4) is 5.75 Å². The summed E-state index contributed by atoms with van der Waals surface area (Å²) in [5.41, 5.74) is 4.39. The molecule has 2 aromatic carbocycles. The van der Waals surface area contributed by atoms with E-state index in [0.29, 0.717) is 22.9 Å². The van der Waals surface area contributed by atoms with Crippen LogP contribution in [0.5, 0.6) is 5.75 Å².